The van der Waals surface area contributed by atoms with Gasteiger partial charge in [0.15, 0.2) is 0 Å². The lowest BCUT2D eigenvalue weighted by molar-refractivity contribution is -0.914. The number of likely N-dealkylation sites (tertiary alicyclic amines) is 1. The molecule has 4 rings (SSSR count). The molecule has 148 valence electrons. The molecule has 0 saturated carbocycles. The zero-order valence-corrected chi connectivity index (χ0v) is 16.7. The van der Waals surface area contributed by atoms with Crippen LogP contribution in [0.1, 0.15) is 25.0 Å². The summed E-state index contributed by atoms with van der Waals surface area (Å²) in [7, 11) is 4.10. The number of aryl methyl sites for hydroxylation is 1. The molecule has 7 nitrogen and oxygen atoms in total. The van der Waals surface area contributed by atoms with Gasteiger partial charge in [-0.25, -0.2) is 4.68 Å². The summed E-state index contributed by atoms with van der Waals surface area (Å²) in [5, 5.41) is 9.40. The van der Waals surface area contributed by atoms with Crippen molar-refractivity contribution in [2.75, 3.05) is 26.7 Å². The Morgan fingerprint density at radius 3 is 2.79 bits per heavy atom. The molecule has 0 bridgehead atoms. The first-order valence-corrected chi connectivity index (χ1v) is 9.98. The zero-order chi connectivity index (χ0) is 19.6. The summed E-state index contributed by atoms with van der Waals surface area (Å²) >= 11 is 0. The Morgan fingerprint density at radius 2 is 1.96 bits per heavy atom. The summed E-state index contributed by atoms with van der Waals surface area (Å²) < 4.78 is 10.6. The second-order valence-electron chi connectivity index (χ2n) is 8.04. The first-order chi connectivity index (χ1) is 13.5. The van der Waals surface area contributed by atoms with E-state index >= 15 is 0 Å². The number of nitrogens with zero attached hydrogens (tertiary/aromatic N) is 5. The van der Waals surface area contributed by atoms with Crippen LogP contribution >= 0.6 is 0 Å². The van der Waals surface area contributed by atoms with Crippen molar-refractivity contribution in [2.24, 2.45) is 7.05 Å². The van der Waals surface area contributed by atoms with Crippen LogP contribution in [0.2, 0.25) is 0 Å². The van der Waals surface area contributed by atoms with E-state index in [1.165, 1.54) is 38.4 Å². The van der Waals surface area contributed by atoms with Gasteiger partial charge in [-0.05, 0) is 31.4 Å². The molecule has 0 N–H and O–H groups in total. The molecule has 0 radical (unpaired) electrons. The minimum atomic E-state index is -0.0872. The minimum absolute atomic E-state index is 0.0872. The van der Waals surface area contributed by atoms with Crippen LogP contribution in [0.5, 0.6) is 5.75 Å². The Morgan fingerprint density at radius 1 is 1.18 bits per heavy atom. The first-order valence-electron chi connectivity index (χ1n) is 9.98. The van der Waals surface area contributed by atoms with E-state index in [0.29, 0.717) is 12.4 Å². The maximum Gasteiger partial charge on any atom is 0.254 e. The number of ether oxygens (including phenoxy) is 1. The number of likely N-dealkylation sites (N-methyl/N-ethyl adjacent to an activating group) is 1. The Hall–Kier alpha value is -2.67. The van der Waals surface area contributed by atoms with Gasteiger partial charge in [0, 0.05) is 18.5 Å². The van der Waals surface area contributed by atoms with E-state index in [4.69, 9.17) is 4.74 Å². The Bertz CT molecular complexity index is 1020. The van der Waals surface area contributed by atoms with Gasteiger partial charge in [-0.15, -0.1) is 5.10 Å². The number of quaternary nitrogens is 1. The van der Waals surface area contributed by atoms with Crippen molar-refractivity contribution in [1.82, 2.24) is 19.6 Å². The fourth-order valence-electron chi connectivity index (χ4n) is 4.01. The lowest BCUT2D eigenvalue weighted by Gasteiger charge is -2.37. The molecule has 0 spiro atoms. The van der Waals surface area contributed by atoms with Gasteiger partial charge in [0.25, 0.3) is 5.56 Å². The quantitative estimate of drug-likeness (QED) is 0.614. The van der Waals surface area contributed by atoms with Gasteiger partial charge in [-0.1, -0.05) is 17.3 Å². The number of rotatable bonds is 6. The Kier molecular flexibility index (Phi) is 5.17. The normalized spacial score (nSPS) is 16.4. The second-order valence-corrected chi connectivity index (χ2v) is 8.04. The highest BCUT2D eigenvalue weighted by molar-refractivity contribution is 5.85. The van der Waals surface area contributed by atoms with Crippen LogP contribution in [0.4, 0.5) is 0 Å². The third-order valence-electron chi connectivity index (χ3n) is 5.84. The number of para-hydroxylation sites is 1. The first kappa shape index (κ1) is 18.7. The fourth-order valence-corrected chi connectivity index (χ4v) is 4.01. The van der Waals surface area contributed by atoms with E-state index in [-0.39, 0.29) is 5.56 Å². The third kappa shape index (κ3) is 3.94. The van der Waals surface area contributed by atoms with Gasteiger partial charge in [-0.2, -0.15) is 0 Å². The maximum atomic E-state index is 12.2. The number of fused-ring (bicyclic) bond motifs is 1. The Labute approximate surface area is 164 Å². The lowest BCUT2D eigenvalue weighted by Crippen LogP contribution is -2.49. The molecule has 7 heteroatoms. The summed E-state index contributed by atoms with van der Waals surface area (Å²) in [6.45, 7) is 4.73. The molecule has 1 saturated heterocycles. The van der Waals surface area contributed by atoms with Crippen molar-refractivity contribution < 1.29 is 9.22 Å². The van der Waals surface area contributed by atoms with Crippen molar-refractivity contribution in [1.29, 1.82) is 0 Å². The van der Waals surface area contributed by atoms with Crippen molar-refractivity contribution in [3.05, 3.63) is 52.6 Å². The standard InChI is InChI=1S/C21H28N5O2/c1-24-19-9-5-4-8-18(19)20(14-21(24)27)28-16-17-15-25(23-22-17)10-13-26(2)11-6-3-7-12-26/h4-5,8-9,14-15H,3,6-7,10-13,16H2,1-2H3/q+1. The molecule has 28 heavy (non-hydrogen) atoms. The number of benzene rings is 1. The largest absolute Gasteiger partial charge is 0.486 e. The molecular formula is C21H28N5O2+. The highest BCUT2D eigenvalue weighted by atomic mass is 16.5. The summed E-state index contributed by atoms with van der Waals surface area (Å²) in [5.41, 5.74) is 1.54. The molecule has 0 unspecified atom stereocenters. The van der Waals surface area contributed by atoms with Gasteiger partial charge in [0.05, 0.1) is 44.9 Å². The van der Waals surface area contributed by atoms with Gasteiger partial charge in [-0.3, -0.25) is 4.79 Å². The number of hydrogen-bond acceptors (Lipinski definition) is 4. The average Bonchev–Trinajstić information content (AvgIpc) is 3.17. The van der Waals surface area contributed by atoms with Crippen LogP contribution in [0.25, 0.3) is 10.9 Å². The molecule has 2 aromatic heterocycles. The maximum absolute atomic E-state index is 12.2. The summed E-state index contributed by atoms with van der Waals surface area (Å²) in [5.74, 6) is 0.583. The van der Waals surface area contributed by atoms with Crippen molar-refractivity contribution in [3.63, 3.8) is 0 Å². The number of hydrogen-bond donors (Lipinski definition) is 0. The predicted octanol–water partition coefficient (Wildman–Crippen LogP) is 2.34. The topological polar surface area (TPSA) is 61.9 Å². The van der Waals surface area contributed by atoms with E-state index in [0.717, 1.165) is 34.2 Å². The van der Waals surface area contributed by atoms with Crippen molar-refractivity contribution >= 4 is 10.9 Å². The van der Waals surface area contributed by atoms with E-state index in [1.54, 1.807) is 11.6 Å². The molecule has 1 aliphatic heterocycles. The molecule has 1 aromatic carbocycles. The molecule has 0 amide bonds. The SMILES string of the molecule is Cn1c(=O)cc(OCc2cn(CC[N+]3(C)CCCCC3)nn2)c2ccccc21. The monoisotopic (exact) mass is 382 g/mol. The summed E-state index contributed by atoms with van der Waals surface area (Å²) in [6, 6.07) is 9.28. The van der Waals surface area contributed by atoms with Crippen LogP contribution in [0.15, 0.2) is 41.3 Å². The average molecular weight is 382 g/mol. The smallest absolute Gasteiger partial charge is 0.254 e. The molecule has 0 aliphatic carbocycles. The fraction of sp³-hybridized carbons (Fsp3) is 0.476. The van der Waals surface area contributed by atoms with Crippen LogP contribution in [-0.4, -0.2) is 50.7 Å². The summed E-state index contributed by atoms with van der Waals surface area (Å²) in [4.78, 5) is 12.2. The van der Waals surface area contributed by atoms with Crippen LogP contribution in [0, 0.1) is 0 Å². The van der Waals surface area contributed by atoms with Crippen LogP contribution < -0.4 is 10.3 Å². The van der Waals surface area contributed by atoms with Gasteiger partial charge >= 0.3 is 0 Å². The molecule has 1 fully saturated rings. The molecule has 3 aromatic rings. The van der Waals surface area contributed by atoms with Gasteiger partial charge in [0.2, 0.25) is 0 Å². The summed E-state index contributed by atoms with van der Waals surface area (Å²) in [6.07, 6.45) is 5.93. The number of aromatic nitrogens is 4. The van der Waals surface area contributed by atoms with Crippen LogP contribution in [-0.2, 0) is 20.2 Å². The predicted molar refractivity (Wildman–Crippen MR) is 108 cm³/mol. The van der Waals surface area contributed by atoms with Gasteiger partial charge in [0.1, 0.15) is 18.1 Å². The molecular weight excluding hydrogens is 354 g/mol. The van der Waals surface area contributed by atoms with E-state index < -0.39 is 0 Å². The van der Waals surface area contributed by atoms with E-state index in [2.05, 4.69) is 17.4 Å². The second kappa shape index (κ2) is 7.75. The van der Waals surface area contributed by atoms with Crippen molar-refractivity contribution in [3.8, 4) is 5.75 Å². The minimum Gasteiger partial charge on any atom is -0.486 e. The zero-order valence-electron chi connectivity index (χ0n) is 16.7. The molecule has 3 heterocycles. The number of piperidine rings is 1. The van der Waals surface area contributed by atoms with E-state index in [1.807, 2.05) is 35.1 Å². The van der Waals surface area contributed by atoms with Crippen molar-refractivity contribution in [2.45, 2.75) is 32.4 Å². The highest BCUT2D eigenvalue weighted by Crippen LogP contribution is 2.23. The molecule has 1 aliphatic rings. The molecule has 0 atom stereocenters. The lowest BCUT2D eigenvalue weighted by atomic mass is 10.1. The van der Waals surface area contributed by atoms with Crippen LogP contribution in [0.3, 0.4) is 0 Å². The third-order valence-corrected chi connectivity index (χ3v) is 5.84. The van der Waals surface area contributed by atoms with Gasteiger partial charge < -0.3 is 13.8 Å². The number of pyridine rings is 1. The highest BCUT2D eigenvalue weighted by Gasteiger charge is 2.24. The van der Waals surface area contributed by atoms with E-state index in [9.17, 15) is 4.79 Å². The Balaban J connectivity index is 1.42.